The van der Waals surface area contributed by atoms with Gasteiger partial charge in [-0.25, -0.2) is 16.8 Å². The Labute approximate surface area is 651 Å². The molecule has 0 unspecified atom stereocenters. The van der Waals surface area contributed by atoms with Gasteiger partial charge in [0.2, 0.25) is 0 Å². The summed E-state index contributed by atoms with van der Waals surface area (Å²) in [5.74, 6) is 5.28. The molecule has 0 fully saturated rings. The van der Waals surface area contributed by atoms with Gasteiger partial charge in [-0.05, 0) is 281 Å². The van der Waals surface area contributed by atoms with Crippen LogP contribution < -0.4 is 52.1 Å². The quantitative estimate of drug-likeness (QED) is 0.0397. The van der Waals surface area contributed by atoms with Crippen molar-refractivity contribution < 1.29 is 78.6 Å². The van der Waals surface area contributed by atoms with E-state index in [1.807, 2.05) is 62.4 Å². The minimum absolute atomic E-state index is 0.0230. The number of carbonyl (C=O) groups is 4. The molecule has 19 nitrogen and oxygen atoms in total. The van der Waals surface area contributed by atoms with Crippen LogP contribution in [0, 0.1) is 13.8 Å². The van der Waals surface area contributed by atoms with Crippen molar-refractivity contribution in [3.63, 3.8) is 0 Å². The molecule has 14 rings (SSSR count). The van der Waals surface area contributed by atoms with Gasteiger partial charge < -0.3 is 42.6 Å². The van der Waals surface area contributed by atoms with Crippen LogP contribution in [0.1, 0.15) is 74.8 Å². The number of hydrogen-bond donors (Lipinski definition) is 2. The van der Waals surface area contributed by atoms with Crippen molar-refractivity contribution >= 4 is 54.6 Å². The number of rotatable bonds is 30. The number of benzene rings is 14. The van der Waals surface area contributed by atoms with Gasteiger partial charge in [0.15, 0.2) is 23.1 Å². The Morgan fingerprint density at radius 3 is 0.593 bits per heavy atom. The lowest BCUT2D eigenvalue weighted by molar-refractivity contribution is 0.103. The maximum absolute atomic E-state index is 14.1. The molecule has 0 aliphatic heterocycles. The molecule has 0 aliphatic rings. The minimum atomic E-state index is -4.34. The fraction of sp³-hybridized carbons (Fsp3) is 0.0435. The number of carbonyl (C=O) groups excluding carboxylic acids is 4. The van der Waals surface area contributed by atoms with Crippen molar-refractivity contribution in [3.8, 4) is 92.0 Å². The number of hydrogen-bond acceptors (Lipinski definition) is 17. The summed E-state index contributed by atoms with van der Waals surface area (Å²) in [6.07, 6.45) is 0. The van der Waals surface area contributed by atoms with Crippen LogP contribution in [0.4, 0.5) is 11.4 Å². The maximum Gasteiger partial charge on any atom is 0.265 e. The van der Waals surface area contributed by atoms with Crippen LogP contribution in [0.3, 0.4) is 0 Å². The molecule has 0 amide bonds. The van der Waals surface area contributed by atoms with Crippen molar-refractivity contribution in [2.24, 2.45) is 0 Å². The van der Waals surface area contributed by atoms with Gasteiger partial charge in [0.1, 0.15) is 102 Å². The number of aryl methyl sites for hydroxylation is 2. The maximum atomic E-state index is 14.1. The lowest BCUT2D eigenvalue weighted by atomic mass is 10.0. The second kappa shape index (κ2) is 33.5. The van der Waals surface area contributed by atoms with Gasteiger partial charge in [-0.3, -0.25) is 28.6 Å². The molecule has 0 atom stereocenters. The number of methoxy groups -OCH3 is 2. The number of anilines is 2. The third kappa shape index (κ3) is 18.8. The van der Waals surface area contributed by atoms with Gasteiger partial charge in [-0.2, -0.15) is 0 Å². The fourth-order valence-electron chi connectivity index (χ4n) is 11.6. The molecule has 0 aromatic heterocycles. The van der Waals surface area contributed by atoms with Crippen molar-refractivity contribution in [3.05, 3.63) is 383 Å². The third-order valence-electron chi connectivity index (χ3n) is 17.7. The molecule has 113 heavy (non-hydrogen) atoms. The zero-order valence-corrected chi connectivity index (χ0v) is 62.6. The molecular formula is C92H68N2O17S2. The average Bonchev–Trinajstić information content (AvgIpc) is 0.795. The summed E-state index contributed by atoms with van der Waals surface area (Å²) in [4.78, 5) is 52.7. The van der Waals surface area contributed by atoms with Gasteiger partial charge in [0.05, 0.1) is 14.2 Å². The molecule has 14 aromatic rings. The van der Waals surface area contributed by atoms with Crippen LogP contribution >= 0.6 is 0 Å². The van der Waals surface area contributed by atoms with E-state index in [1.54, 1.807) is 231 Å². The van der Waals surface area contributed by atoms with Crippen LogP contribution in [0.25, 0.3) is 0 Å². The Hall–Kier alpha value is -14.5. The molecule has 0 heterocycles. The molecule has 2 N–H and O–H groups in total. The van der Waals surface area contributed by atoms with E-state index in [2.05, 4.69) is 9.44 Å². The predicted molar refractivity (Wildman–Crippen MR) is 429 cm³/mol. The highest BCUT2D eigenvalue weighted by Gasteiger charge is 2.25. The second-order valence-corrected chi connectivity index (χ2v) is 29.0. The monoisotopic (exact) mass is 1540 g/mol. The summed E-state index contributed by atoms with van der Waals surface area (Å²) in [6.45, 7) is 3.94. The summed E-state index contributed by atoms with van der Waals surface area (Å²) in [7, 11) is -5.86. The van der Waals surface area contributed by atoms with Crippen molar-refractivity contribution in [1.29, 1.82) is 0 Å². The van der Waals surface area contributed by atoms with Gasteiger partial charge in [0.25, 0.3) is 20.0 Å². The van der Waals surface area contributed by atoms with E-state index in [4.69, 9.17) is 42.6 Å². The second-order valence-electron chi connectivity index (χ2n) is 25.7. The molecule has 0 radical (unpaired) electrons. The van der Waals surface area contributed by atoms with Crippen LogP contribution in [0.5, 0.6) is 92.0 Å². The van der Waals surface area contributed by atoms with E-state index < -0.39 is 20.0 Å². The van der Waals surface area contributed by atoms with E-state index in [1.165, 1.54) is 62.8 Å². The van der Waals surface area contributed by atoms with Crippen LogP contribution in [0.2, 0.25) is 0 Å². The third-order valence-corrected chi connectivity index (χ3v) is 20.5. The summed E-state index contributed by atoms with van der Waals surface area (Å²) < 4.78 is 115. The Balaban J connectivity index is 0.540. The first-order valence-corrected chi connectivity index (χ1v) is 38.2. The van der Waals surface area contributed by atoms with E-state index in [0.717, 1.165) is 11.1 Å². The normalized spacial score (nSPS) is 11.1. The lowest BCUT2D eigenvalue weighted by Gasteiger charge is -2.15. The van der Waals surface area contributed by atoms with Crippen LogP contribution in [-0.2, 0) is 20.0 Å². The van der Waals surface area contributed by atoms with Crippen molar-refractivity contribution in [2.75, 3.05) is 23.7 Å². The molecule has 560 valence electrons. The highest BCUT2D eigenvalue weighted by molar-refractivity contribution is 7.93. The zero-order valence-electron chi connectivity index (χ0n) is 60.9. The summed E-state index contributed by atoms with van der Waals surface area (Å²) in [5, 5.41) is 0. The van der Waals surface area contributed by atoms with Gasteiger partial charge in [-0.1, -0.05) is 59.7 Å². The SMILES string of the molecule is COc1ccc(Oc2ccc(C(=O)c3ccc(Oc4ccc(Oc5ccc(C(=O)c6ccc(C)cc6)cc5)cc4)cc3)cc2)c(S(=O)(=O)Nc2ccc(Oc3ccc(NS(=O)(=O)c4cc(OC)ccc4Oc4ccc(C(=O)c5ccc(Oc6ccc(Oc7ccc(C(=O)c8ccc(C)cc8)cc7)cc6)cc5)cc4)cc3)cc2)c1. The molecule has 0 aliphatic carbocycles. The summed E-state index contributed by atoms with van der Waals surface area (Å²) >= 11 is 0. The zero-order chi connectivity index (χ0) is 78.6. The Bertz CT molecular complexity index is 5640. The van der Waals surface area contributed by atoms with E-state index in [0.29, 0.717) is 102 Å². The van der Waals surface area contributed by atoms with E-state index in [9.17, 15) is 36.0 Å². The molecule has 0 spiro atoms. The van der Waals surface area contributed by atoms with Crippen LogP contribution in [-0.4, -0.2) is 54.2 Å². The molecule has 21 heteroatoms. The fourth-order valence-corrected chi connectivity index (χ4v) is 14.0. The number of nitrogens with one attached hydrogen (secondary N) is 2. The first kappa shape index (κ1) is 75.3. The summed E-state index contributed by atoms with van der Waals surface area (Å²) in [6, 6.07) is 89.7. The smallest absolute Gasteiger partial charge is 0.265 e. The first-order valence-electron chi connectivity index (χ1n) is 35.2. The van der Waals surface area contributed by atoms with E-state index in [-0.39, 0.29) is 78.8 Å². The highest BCUT2D eigenvalue weighted by Crippen LogP contribution is 2.38. The largest absolute Gasteiger partial charge is 0.497 e. The number of ether oxygens (including phenoxy) is 9. The molecular weight excluding hydrogens is 1470 g/mol. The Kier molecular flexibility index (Phi) is 22.3. The van der Waals surface area contributed by atoms with Crippen molar-refractivity contribution in [2.45, 2.75) is 23.6 Å². The molecule has 14 aromatic carbocycles. The topological polar surface area (TPSA) is 244 Å². The lowest BCUT2D eigenvalue weighted by Crippen LogP contribution is -2.14. The standard InChI is InChI=1S/C92H68N2O17S2/c1-59-5-9-61(10-6-59)89(95)63-13-29-71(30-14-63)105-77-45-49-79(50-46-77)107-73-33-17-65(18-34-73)91(97)67-21-37-81(38-22-67)110-85-55-53-83(103-3)57-87(85)112(99,100)93-69-25-41-75(42-26-69)109-76-43-27-70(28-44-76)94-113(101,102)88-58-84(104-4)54-56-86(88)111-82-39-23-68(24-40-82)92(98)66-19-35-74(36-20-66)108-80-51-47-78(48-52-80)106-72-31-15-64(16-32-72)90(96)62-11-7-60(2)8-12-62/h5-58,93-94H,1-4H3. The molecule has 0 saturated carbocycles. The Morgan fingerprint density at radius 2 is 0.389 bits per heavy atom. The average molecular weight is 1540 g/mol. The van der Waals surface area contributed by atoms with Gasteiger partial charge in [-0.15, -0.1) is 0 Å². The summed E-state index contributed by atoms with van der Waals surface area (Å²) in [5.41, 5.74) is 6.38. The van der Waals surface area contributed by atoms with Gasteiger partial charge >= 0.3 is 0 Å². The number of ketones is 4. The van der Waals surface area contributed by atoms with Crippen LogP contribution in [0.15, 0.2) is 337 Å². The Morgan fingerprint density at radius 1 is 0.221 bits per heavy atom. The molecule has 0 saturated heterocycles. The minimum Gasteiger partial charge on any atom is -0.497 e. The predicted octanol–water partition coefficient (Wildman–Crippen LogP) is 21.4. The highest BCUT2D eigenvalue weighted by atomic mass is 32.2. The first-order chi connectivity index (χ1) is 54.7. The van der Waals surface area contributed by atoms with Crippen molar-refractivity contribution in [1.82, 2.24) is 0 Å². The van der Waals surface area contributed by atoms with E-state index >= 15 is 0 Å². The van der Waals surface area contributed by atoms with Gasteiger partial charge in [0, 0.05) is 68.0 Å². The number of sulfonamides is 2. The molecule has 0 bridgehead atoms.